The number of benzene rings is 2. The molecule has 0 saturated carbocycles. The predicted molar refractivity (Wildman–Crippen MR) is 106 cm³/mol. The van der Waals surface area contributed by atoms with Crippen LogP contribution < -0.4 is 0 Å². The largest absolute Gasteiger partial charge is 0.507 e. The molecule has 0 aliphatic carbocycles. The molecule has 2 heterocycles. The molecule has 2 fully saturated rings. The molecule has 0 aromatic heterocycles. The Morgan fingerprint density at radius 3 is 2.46 bits per heavy atom. The van der Waals surface area contributed by atoms with E-state index in [2.05, 4.69) is 0 Å². The summed E-state index contributed by atoms with van der Waals surface area (Å²) in [5, 5.41) is 10.9. The molecular formula is C23H23NO4. The first-order chi connectivity index (χ1) is 13.6. The molecule has 28 heavy (non-hydrogen) atoms. The molecule has 2 aliphatic rings. The van der Waals surface area contributed by atoms with Crippen LogP contribution in [0.4, 0.5) is 0 Å². The number of amides is 1. The van der Waals surface area contributed by atoms with Gasteiger partial charge in [-0.2, -0.15) is 0 Å². The highest BCUT2D eigenvalue weighted by Crippen LogP contribution is 2.40. The number of ketones is 1. The van der Waals surface area contributed by atoms with Gasteiger partial charge in [0.1, 0.15) is 5.76 Å². The van der Waals surface area contributed by atoms with Gasteiger partial charge in [-0.3, -0.25) is 9.59 Å². The number of aliphatic hydroxyl groups is 1. The standard InChI is InChI=1S/C23H23NO4/c1-15-9-11-16(12-10-15)20-19(21(25)17-6-3-2-4-7-17)22(26)23(27)24(20)14-18-8-5-13-28-18/h2-4,6-7,9-12,18,20,25H,5,8,13-14H2,1H3/b21-19-. The van der Waals surface area contributed by atoms with Crippen molar-refractivity contribution >= 4 is 17.4 Å². The van der Waals surface area contributed by atoms with Crippen LogP contribution in [-0.2, 0) is 14.3 Å². The number of likely N-dealkylation sites (tertiary alicyclic amines) is 1. The zero-order valence-electron chi connectivity index (χ0n) is 15.8. The van der Waals surface area contributed by atoms with E-state index in [1.165, 1.54) is 0 Å². The van der Waals surface area contributed by atoms with Crippen molar-refractivity contribution in [1.82, 2.24) is 4.90 Å². The van der Waals surface area contributed by atoms with E-state index in [-0.39, 0.29) is 17.4 Å². The maximum Gasteiger partial charge on any atom is 0.295 e. The van der Waals surface area contributed by atoms with E-state index >= 15 is 0 Å². The third kappa shape index (κ3) is 3.34. The fourth-order valence-corrected chi connectivity index (χ4v) is 3.92. The van der Waals surface area contributed by atoms with Gasteiger partial charge in [-0.25, -0.2) is 0 Å². The maximum absolute atomic E-state index is 12.9. The summed E-state index contributed by atoms with van der Waals surface area (Å²) < 4.78 is 5.70. The molecular weight excluding hydrogens is 354 g/mol. The fraction of sp³-hybridized carbons (Fsp3) is 0.304. The van der Waals surface area contributed by atoms with E-state index in [1.807, 2.05) is 37.3 Å². The van der Waals surface area contributed by atoms with Crippen molar-refractivity contribution in [3.8, 4) is 0 Å². The van der Waals surface area contributed by atoms with Gasteiger partial charge in [-0.05, 0) is 25.3 Å². The van der Waals surface area contributed by atoms with Crippen molar-refractivity contribution < 1.29 is 19.4 Å². The molecule has 2 aromatic carbocycles. The lowest BCUT2D eigenvalue weighted by molar-refractivity contribution is -0.140. The smallest absolute Gasteiger partial charge is 0.295 e. The van der Waals surface area contributed by atoms with Gasteiger partial charge in [-0.1, -0.05) is 60.2 Å². The molecule has 1 amide bonds. The molecule has 5 nitrogen and oxygen atoms in total. The summed E-state index contributed by atoms with van der Waals surface area (Å²) >= 11 is 0. The Morgan fingerprint density at radius 2 is 1.82 bits per heavy atom. The number of hydrogen-bond donors (Lipinski definition) is 1. The molecule has 2 atom stereocenters. The minimum atomic E-state index is -0.648. The van der Waals surface area contributed by atoms with Crippen LogP contribution in [0.2, 0.25) is 0 Å². The summed E-state index contributed by atoms with van der Waals surface area (Å²) in [7, 11) is 0. The van der Waals surface area contributed by atoms with Crippen molar-refractivity contribution in [3.63, 3.8) is 0 Å². The minimum absolute atomic E-state index is 0.0806. The summed E-state index contributed by atoms with van der Waals surface area (Å²) in [6.07, 6.45) is 1.73. The quantitative estimate of drug-likeness (QED) is 0.502. The molecule has 2 saturated heterocycles. The Labute approximate surface area is 164 Å². The third-order valence-electron chi connectivity index (χ3n) is 5.40. The van der Waals surface area contributed by atoms with E-state index in [9.17, 15) is 14.7 Å². The van der Waals surface area contributed by atoms with Crippen LogP contribution in [0.1, 0.15) is 35.6 Å². The fourth-order valence-electron chi connectivity index (χ4n) is 3.92. The summed E-state index contributed by atoms with van der Waals surface area (Å²) in [5.74, 6) is -1.37. The van der Waals surface area contributed by atoms with Gasteiger partial charge in [0.25, 0.3) is 11.7 Å². The van der Waals surface area contributed by atoms with Gasteiger partial charge in [0.15, 0.2) is 0 Å². The number of carbonyl (C=O) groups is 2. The Balaban J connectivity index is 1.81. The molecule has 144 valence electrons. The third-order valence-corrected chi connectivity index (χ3v) is 5.40. The predicted octanol–water partition coefficient (Wildman–Crippen LogP) is 3.60. The summed E-state index contributed by atoms with van der Waals surface area (Å²) in [6, 6.07) is 16.0. The van der Waals surface area contributed by atoms with Gasteiger partial charge in [0.05, 0.1) is 17.7 Å². The van der Waals surface area contributed by atoms with Crippen LogP contribution in [0, 0.1) is 6.92 Å². The Hall–Kier alpha value is -2.92. The van der Waals surface area contributed by atoms with Gasteiger partial charge < -0.3 is 14.7 Å². The number of hydrogen-bond acceptors (Lipinski definition) is 4. The van der Waals surface area contributed by atoms with E-state index in [0.29, 0.717) is 18.7 Å². The molecule has 5 heteroatoms. The molecule has 1 N–H and O–H groups in total. The number of carbonyl (C=O) groups excluding carboxylic acids is 2. The molecule has 2 aromatic rings. The van der Waals surface area contributed by atoms with Crippen LogP contribution in [0.5, 0.6) is 0 Å². The van der Waals surface area contributed by atoms with Crippen molar-refractivity contribution in [3.05, 3.63) is 76.9 Å². The molecule has 4 rings (SSSR count). The summed E-state index contributed by atoms with van der Waals surface area (Å²) in [4.78, 5) is 27.3. The highest BCUT2D eigenvalue weighted by molar-refractivity contribution is 6.46. The highest BCUT2D eigenvalue weighted by Gasteiger charge is 2.46. The van der Waals surface area contributed by atoms with Crippen LogP contribution in [0.3, 0.4) is 0 Å². The van der Waals surface area contributed by atoms with Gasteiger partial charge in [0.2, 0.25) is 0 Å². The molecule has 0 spiro atoms. The SMILES string of the molecule is Cc1ccc(C2/C(=C(/O)c3ccccc3)C(=O)C(=O)N2CC2CCCO2)cc1. The average molecular weight is 377 g/mol. The lowest BCUT2D eigenvalue weighted by Crippen LogP contribution is -2.36. The van der Waals surface area contributed by atoms with Crippen molar-refractivity contribution in [2.75, 3.05) is 13.2 Å². The lowest BCUT2D eigenvalue weighted by Gasteiger charge is -2.27. The minimum Gasteiger partial charge on any atom is -0.507 e. The van der Waals surface area contributed by atoms with Gasteiger partial charge in [0, 0.05) is 18.7 Å². The molecule has 0 bridgehead atoms. The molecule has 0 radical (unpaired) electrons. The van der Waals surface area contributed by atoms with Gasteiger partial charge >= 0.3 is 0 Å². The first-order valence-corrected chi connectivity index (χ1v) is 9.58. The molecule has 2 unspecified atom stereocenters. The number of aliphatic hydroxyl groups excluding tert-OH is 1. The highest BCUT2D eigenvalue weighted by atomic mass is 16.5. The topological polar surface area (TPSA) is 66.8 Å². The van der Waals surface area contributed by atoms with Crippen molar-refractivity contribution in [2.45, 2.75) is 31.9 Å². The average Bonchev–Trinajstić information content (AvgIpc) is 3.31. The number of aryl methyl sites for hydroxylation is 1. The normalized spacial score (nSPS) is 24.1. The van der Waals surface area contributed by atoms with E-state index in [4.69, 9.17) is 4.74 Å². The monoisotopic (exact) mass is 377 g/mol. The Bertz CT molecular complexity index is 911. The zero-order valence-corrected chi connectivity index (χ0v) is 15.8. The summed E-state index contributed by atoms with van der Waals surface area (Å²) in [6.45, 7) is 3.00. The second-order valence-electron chi connectivity index (χ2n) is 7.36. The second kappa shape index (κ2) is 7.60. The number of nitrogens with zero attached hydrogens (tertiary/aromatic N) is 1. The van der Waals surface area contributed by atoms with E-state index in [1.54, 1.807) is 29.2 Å². The first kappa shape index (κ1) is 18.4. The first-order valence-electron chi connectivity index (χ1n) is 9.58. The number of rotatable bonds is 4. The Kier molecular flexibility index (Phi) is 5.01. The lowest BCUT2D eigenvalue weighted by atomic mass is 9.94. The van der Waals surface area contributed by atoms with Crippen LogP contribution >= 0.6 is 0 Å². The number of ether oxygens (including phenoxy) is 1. The second-order valence-corrected chi connectivity index (χ2v) is 7.36. The van der Waals surface area contributed by atoms with E-state index < -0.39 is 17.7 Å². The van der Waals surface area contributed by atoms with Crippen molar-refractivity contribution in [2.24, 2.45) is 0 Å². The van der Waals surface area contributed by atoms with Crippen LogP contribution in [0.15, 0.2) is 60.2 Å². The number of Topliss-reactive ketones (excluding diaryl/α,β-unsaturated/α-hetero) is 1. The van der Waals surface area contributed by atoms with E-state index in [0.717, 1.165) is 24.0 Å². The Morgan fingerprint density at radius 1 is 1.11 bits per heavy atom. The maximum atomic E-state index is 12.9. The molecule has 2 aliphatic heterocycles. The van der Waals surface area contributed by atoms with Crippen LogP contribution in [0.25, 0.3) is 5.76 Å². The summed E-state index contributed by atoms with van der Waals surface area (Å²) in [5.41, 5.74) is 2.55. The zero-order chi connectivity index (χ0) is 19.7. The van der Waals surface area contributed by atoms with Gasteiger partial charge in [-0.15, -0.1) is 0 Å². The van der Waals surface area contributed by atoms with Crippen molar-refractivity contribution in [1.29, 1.82) is 0 Å². The van der Waals surface area contributed by atoms with Crippen LogP contribution in [-0.4, -0.2) is 41.0 Å².